The molecule has 1 radical (unpaired) electrons. The quantitative estimate of drug-likeness (QED) is 0.505. The maximum absolute atomic E-state index is 4.15. The molecule has 0 atom stereocenters. The van der Waals surface area contributed by atoms with Gasteiger partial charge in [-0.05, 0) is 12.1 Å². The van der Waals surface area contributed by atoms with Crippen molar-refractivity contribution in [2.24, 2.45) is 0 Å². The predicted octanol–water partition coefficient (Wildman–Crippen LogP) is 0.744. The number of imidazole rings is 1. The smallest absolute Gasteiger partial charge is 0.247 e. The summed E-state index contributed by atoms with van der Waals surface area (Å²) in [6.45, 7) is 0. The highest BCUT2D eigenvalue weighted by molar-refractivity contribution is 5.91. The molecule has 11 heavy (non-hydrogen) atoms. The molecule has 0 amide bonds. The van der Waals surface area contributed by atoms with Gasteiger partial charge >= 0.3 is 0 Å². The van der Waals surface area contributed by atoms with Crippen LogP contribution < -0.4 is 0 Å². The zero-order valence-corrected chi connectivity index (χ0v) is 5.50. The first-order chi connectivity index (χ1) is 5.43. The minimum absolute atomic E-state index is 0.576. The van der Waals surface area contributed by atoms with E-state index in [0.717, 1.165) is 16.6 Å². The van der Waals surface area contributed by atoms with Crippen LogP contribution >= 0.6 is 0 Å². The molecular weight excluding hydrogens is 140 g/mol. The van der Waals surface area contributed by atoms with Gasteiger partial charge in [0.05, 0.1) is 5.52 Å². The number of hydrogen-bond acceptors (Lipinski definition) is 3. The van der Waals surface area contributed by atoms with Crippen LogP contribution in [0.5, 0.6) is 0 Å². The average molecular weight is 143 g/mol. The number of fused-ring (bicyclic) bond motifs is 1. The highest BCUT2D eigenvalue weighted by Gasteiger charge is 2.04. The first-order valence-corrected chi connectivity index (χ1v) is 3.26. The topological polar surface area (TPSA) is 54.5 Å². The molecule has 0 unspecified atom stereocenters. The summed E-state index contributed by atoms with van der Waals surface area (Å²) in [6.07, 6.45) is 0. The van der Waals surface area contributed by atoms with Crippen molar-refractivity contribution in [1.82, 2.24) is 20.2 Å². The molecule has 0 fully saturated rings. The number of nitrogens with one attached hydrogen (secondary N) is 1. The Morgan fingerprint density at radius 1 is 1.36 bits per heavy atom. The standard InChI is InChI=1S/C7H3N4/c1-2-4-6-5(3-1)10-11-7(8-4)9-6/h1-2H,(H,8,9,11). The molecule has 0 saturated heterocycles. The zero-order chi connectivity index (χ0) is 7.26. The third-order valence-electron chi connectivity index (χ3n) is 1.66. The van der Waals surface area contributed by atoms with Gasteiger partial charge in [-0.1, -0.05) is 0 Å². The van der Waals surface area contributed by atoms with Gasteiger partial charge in [0.1, 0.15) is 11.0 Å². The molecule has 2 bridgehead atoms. The zero-order valence-electron chi connectivity index (χ0n) is 5.50. The lowest BCUT2D eigenvalue weighted by Crippen LogP contribution is -1.83. The normalized spacial score (nSPS) is 11.6. The molecule has 1 aromatic carbocycles. The third-order valence-corrected chi connectivity index (χ3v) is 1.66. The lowest BCUT2D eigenvalue weighted by molar-refractivity contribution is 1.07. The predicted molar refractivity (Wildman–Crippen MR) is 39.2 cm³/mol. The number of rotatable bonds is 0. The van der Waals surface area contributed by atoms with E-state index in [4.69, 9.17) is 0 Å². The van der Waals surface area contributed by atoms with Gasteiger partial charge < -0.3 is 4.98 Å². The van der Waals surface area contributed by atoms with Gasteiger partial charge in [-0.2, -0.15) is 0 Å². The second-order valence-corrected chi connectivity index (χ2v) is 2.35. The number of hydrogen-bond donors (Lipinski definition) is 1. The van der Waals surface area contributed by atoms with Crippen molar-refractivity contribution in [2.45, 2.75) is 0 Å². The SMILES string of the molecule is [c]1ccc2[nH]c3nnc1c2n3. The van der Waals surface area contributed by atoms with E-state index < -0.39 is 0 Å². The monoisotopic (exact) mass is 143 g/mol. The van der Waals surface area contributed by atoms with Gasteiger partial charge in [-0.3, -0.25) is 0 Å². The summed E-state index contributed by atoms with van der Waals surface area (Å²) in [6, 6.07) is 6.67. The Hall–Kier alpha value is -1.71. The lowest BCUT2D eigenvalue weighted by Gasteiger charge is -1.86. The van der Waals surface area contributed by atoms with E-state index in [2.05, 4.69) is 26.2 Å². The van der Waals surface area contributed by atoms with Gasteiger partial charge in [0.15, 0.2) is 0 Å². The van der Waals surface area contributed by atoms with E-state index >= 15 is 0 Å². The molecule has 3 aromatic rings. The largest absolute Gasteiger partial charge is 0.321 e. The molecule has 2 aromatic heterocycles. The van der Waals surface area contributed by atoms with Crippen LogP contribution in [0.25, 0.3) is 22.3 Å². The summed E-state index contributed by atoms with van der Waals surface area (Å²) in [5.74, 6) is 0.576. The van der Waals surface area contributed by atoms with Crippen LogP contribution in [0.2, 0.25) is 0 Å². The molecule has 2 heterocycles. The highest BCUT2D eigenvalue weighted by Crippen LogP contribution is 2.15. The summed E-state index contributed by atoms with van der Waals surface area (Å²) in [7, 11) is 0. The van der Waals surface area contributed by atoms with Crippen molar-refractivity contribution in [3.8, 4) is 0 Å². The fourth-order valence-corrected chi connectivity index (χ4v) is 1.17. The van der Waals surface area contributed by atoms with Crippen LogP contribution in [-0.4, -0.2) is 20.2 Å². The van der Waals surface area contributed by atoms with Gasteiger partial charge in [-0.25, -0.2) is 4.98 Å². The first kappa shape index (κ1) is 5.01. The maximum atomic E-state index is 4.15. The Morgan fingerprint density at radius 2 is 2.36 bits per heavy atom. The molecule has 3 rings (SSSR count). The number of nitrogens with zero attached hydrogens (tertiary/aromatic N) is 3. The molecule has 0 saturated carbocycles. The first-order valence-electron chi connectivity index (χ1n) is 3.26. The van der Waals surface area contributed by atoms with Crippen molar-refractivity contribution >= 4 is 22.3 Å². The van der Waals surface area contributed by atoms with Gasteiger partial charge in [0, 0.05) is 6.07 Å². The Labute approximate surface area is 61.6 Å². The van der Waals surface area contributed by atoms with Crippen molar-refractivity contribution in [2.75, 3.05) is 0 Å². The Bertz CT molecular complexity index is 477. The molecule has 4 heteroatoms. The van der Waals surface area contributed by atoms with Crippen LogP contribution in [0, 0.1) is 6.07 Å². The van der Waals surface area contributed by atoms with Crippen molar-refractivity contribution in [3.63, 3.8) is 0 Å². The Balaban J connectivity index is 2.82. The van der Waals surface area contributed by atoms with Gasteiger partial charge in [0.2, 0.25) is 5.78 Å². The fourth-order valence-electron chi connectivity index (χ4n) is 1.17. The summed E-state index contributed by atoms with van der Waals surface area (Å²) in [5.41, 5.74) is 2.55. The third kappa shape index (κ3) is 0.513. The molecular formula is C7H3N4. The van der Waals surface area contributed by atoms with E-state index in [-0.39, 0.29) is 0 Å². The van der Waals surface area contributed by atoms with Crippen molar-refractivity contribution < 1.29 is 0 Å². The number of benzene rings is 1. The van der Waals surface area contributed by atoms with Crippen LogP contribution in [-0.2, 0) is 0 Å². The number of H-pyrrole nitrogens is 1. The van der Waals surface area contributed by atoms with E-state index in [0.29, 0.717) is 5.78 Å². The van der Waals surface area contributed by atoms with Gasteiger partial charge in [-0.15, -0.1) is 10.2 Å². The van der Waals surface area contributed by atoms with Gasteiger partial charge in [0.25, 0.3) is 0 Å². The molecule has 1 N–H and O–H groups in total. The summed E-state index contributed by atoms with van der Waals surface area (Å²) in [4.78, 5) is 7.16. The Kier molecular flexibility index (Phi) is 0.671. The molecule has 4 nitrogen and oxygen atoms in total. The number of aromatic nitrogens is 4. The van der Waals surface area contributed by atoms with E-state index in [1.807, 2.05) is 12.1 Å². The second-order valence-electron chi connectivity index (χ2n) is 2.35. The van der Waals surface area contributed by atoms with Crippen molar-refractivity contribution in [1.29, 1.82) is 0 Å². The number of aromatic amines is 1. The lowest BCUT2D eigenvalue weighted by atomic mass is 10.3. The van der Waals surface area contributed by atoms with Crippen molar-refractivity contribution in [3.05, 3.63) is 18.2 Å². The minimum atomic E-state index is 0.576. The molecule has 0 aliphatic heterocycles. The van der Waals surface area contributed by atoms with E-state index in [1.54, 1.807) is 0 Å². The average Bonchev–Trinajstić information content (AvgIpc) is 2.42. The molecule has 0 aliphatic carbocycles. The minimum Gasteiger partial charge on any atom is -0.321 e. The fraction of sp³-hybridized carbons (Fsp3) is 0. The van der Waals surface area contributed by atoms with Crippen LogP contribution in [0.3, 0.4) is 0 Å². The van der Waals surface area contributed by atoms with Crippen LogP contribution in [0.15, 0.2) is 12.1 Å². The molecule has 0 spiro atoms. The Morgan fingerprint density at radius 3 is 3.36 bits per heavy atom. The second kappa shape index (κ2) is 1.47. The summed E-state index contributed by atoms with van der Waals surface area (Å²) in [5, 5.41) is 7.72. The molecule has 51 valence electrons. The van der Waals surface area contributed by atoms with E-state index in [1.165, 1.54) is 0 Å². The highest BCUT2D eigenvalue weighted by atomic mass is 15.2. The molecule has 0 aliphatic rings. The van der Waals surface area contributed by atoms with Crippen LogP contribution in [0.1, 0.15) is 0 Å². The van der Waals surface area contributed by atoms with Crippen LogP contribution in [0.4, 0.5) is 0 Å². The summed E-state index contributed by atoms with van der Waals surface area (Å²) >= 11 is 0. The summed E-state index contributed by atoms with van der Waals surface area (Å²) < 4.78 is 0. The maximum Gasteiger partial charge on any atom is 0.247 e. The van der Waals surface area contributed by atoms with E-state index in [9.17, 15) is 0 Å².